The minimum atomic E-state index is 0.554. The van der Waals surface area contributed by atoms with E-state index in [4.69, 9.17) is 0 Å². The molecule has 3 nitrogen and oxygen atoms in total. The van der Waals surface area contributed by atoms with E-state index in [0.29, 0.717) is 6.54 Å². The first kappa shape index (κ1) is 10.4. The van der Waals surface area contributed by atoms with Crippen molar-refractivity contribution >= 4 is 12.4 Å². The molecule has 0 saturated heterocycles. The van der Waals surface area contributed by atoms with E-state index in [1.54, 1.807) is 12.5 Å². The second kappa shape index (κ2) is 5.07. The van der Waals surface area contributed by atoms with Crippen LogP contribution >= 0.6 is 0 Å². The van der Waals surface area contributed by atoms with Gasteiger partial charge in [-0.05, 0) is 11.6 Å². The average Bonchev–Trinajstić information content (AvgIpc) is 2.82. The Labute approximate surface area is 94.1 Å². The predicted molar refractivity (Wildman–Crippen MR) is 62.7 cm³/mol. The molecule has 0 amide bonds. The monoisotopic (exact) mass is 212 g/mol. The Kier molecular flexibility index (Phi) is 3.28. The van der Waals surface area contributed by atoms with E-state index >= 15 is 0 Å². The number of aldehydes is 1. The van der Waals surface area contributed by atoms with Gasteiger partial charge in [0.05, 0.1) is 12.9 Å². The number of nitrogens with zero attached hydrogens (tertiary/aromatic N) is 2. The summed E-state index contributed by atoms with van der Waals surface area (Å²) in [7, 11) is 0. The van der Waals surface area contributed by atoms with Gasteiger partial charge in [-0.1, -0.05) is 30.3 Å². The van der Waals surface area contributed by atoms with Crippen molar-refractivity contribution in [3.8, 4) is 0 Å². The Balaban J connectivity index is 2.17. The quantitative estimate of drug-likeness (QED) is 0.575. The van der Waals surface area contributed by atoms with Crippen LogP contribution in [-0.4, -0.2) is 15.8 Å². The lowest BCUT2D eigenvalue weighted by atomic mass is 10.1. The van der Waals surface area contributed by atoms with Crippen LogP contribution in [0.4, 0.5) is 0 Å². The fraction of sp³-hybridized carbons (Fsp3) is 0.0769. The van der Waals surface area contributed by atoms with Gasteiger partial charge in [-0.2, -0.15) is 0 Å². The summed E-state index contributed by atoms with van der Waals surface area (Å²) in [4.78, 5) is 14.9. The molecule has 0 aliphatic rings. The molecule has 0 atom stereocenters. The van der Waals surface area contributed by atoms with E-state index in [1.165, 1.54) is 0 Å². The number of rotatable bonds is 4. The molecule has 0 bridgehead atoms. The Morgan fingerprint density at radius 1 is 1.31 bits per heavy atom. The van der Waals surface area contributed by atoms with Crippen LogP contribution in [0.5, 0.6) is 0 Å². The lowest BCUT2D eigenvalue weighted by Crippen LogP contribution is -1.99. The van der Waals surface area contributed by atoms with Gasteiger partial charge in [-0.25, -0.2) is 4.98 Å². The normalized spacial score (nSPS) is 11.4. The third-order valence-corrected chi connectivity index (χ3v) is 2.23. The minimum Gasteiger partial charge on any atom is -0.333 e. The van der Waals surface area contributed by atoms with Crippen molar-refractivity contribution in [3.05, 3.63) is 60.2 Å². The molecule has 0 aliphatic heterocycles. The smallest absolute Gasteiger partial charge is 0.147 e. The maximum Gasteiger partial charge on any atom is 0.147 e. The molecule has 80 valence electrons. The van der Waals surface area contributed by atoms with Gasteiger partial charge >= 0.3 is 0 Å². The van der Waals surface area contributed by atoms with E-state index in [0.717, 1.165) is 17.4 Å². The zero-order chi connectivity index (χ0) is 11.2. The van der Waals surface area contributed by atoms with E-state index in [1.807, 2.05) is 47.2 Å². The molecule has 1 aromatic heterocycles. The molecule has 0 radical (unpaired) electrons. The van der Waals surface area contributed by atoms with Crippen molar-refractivity contribution in [2.45, 2.75) is 6.54 Å². The fourth-order valence-corrected chi connectivity index (χ4v) is 1.47. The fourth-order valence-electron chi connectivity index (χ4n) is 1.47. The summed E-state index contributed by atoms with van der Waals surface area (Å²) >= 11 is 0. The number of allylic oxidation sites excluding steroid dienone is 1. The number of imidazole rings is 1. The molecule has 1 heterocycles. The van der Waals surface area contributed by atoms with Crippen LogP contribution in [-0.2, 0) is 11.3 Å². The average molecular weight is 212 g/mol. The van der Waals surface area contributed by atoms with Crippen LogP contribution in [0.1, 0.15) is 5.56 Å². The summed E-state index contributed by atoms with van der Waals surface area (Å²) in [6, 6.07) is 9.79. The second-order valence-electron chi connectivity index (χ2n) is 3.48. The van der Waals surface area contributed by atoms with Crippen LogP contribution in [0, 0.1) is 0 Å². The van der Waals surface area contributed by atoms with Gasteiger partial charge in [0.1, 0.15) is 6.29 Å². The van der Waals surface area contributed by atoms with E-state index in [2.05, 4.69) is 4.98 Å². The maximum atomic E-state index is 10.9. The molecule has 0 saturated carbocycles. The molecule has 16 heavy (non-hydrogen) atoms. The summed E-state index contributed by atoms with van der Waals surface area (Å²) in [5, 5.41) is 0. The third-order valence-electron chi connectivity index (χ3n) is 2.23. The summed E-state index contributed by atoms with van der Waals surface area (Å²) < 4.78 is 1.86. The maximum absolute atomic E-state index is 10.9. The van der Waals surface area contributed by atoms with Crippen LogP contribution in [0.25, 0.3) is 6.08 Å². The molecule has 0 fully saturated rings. The molecular weight excluding hydrogens is 200 g/mol. The first-order valence-electron chi connectivity index (χ1n) is 5.05. The van der Waals surface area contributed by atoms with Crippen LogP contribution in [0.3, 0.4) is 0 Å². The Hall–Kier alpha value is -2.16. The SMILES string of the molecule is O=C/C(=C\c1ccccc1)Cn1ccnc1. The summed E-state index contributed by atoms with van der Waals surface area (Å²) in [6.07, 6.45) is 8.00. The highest BCUT2D eigenvalue weighted by atomic mass is 16.1. The highest BCUT2D eigenvalue weighted by Gasteiger charge is 1.97. The topological polar surface area (TPSA) is 34.9 Å². The van der Waals surface area contributed by atoms with Gasteiger partial charge in [0.2, 0.25) is 0 Å². The molecule has 0 N–H and O–H groups in total. The number of carbonyl (C=O) groups excluding carboxylic acids is 1. The molecular formula is C13H12N2O. The van der Waals surface area contributed by atoms with E-state index in [-0.39, 0.29) is 0 Å². The zero-order valence-corrected chi connectivity index (χ0v) is 8.78. The van der Waals surface area contributed by atoms with Crippen molar-refractivity contribution in [1.29, 1.82) is 0 Å². The molecule has 1 aromatic carbocycles. The molecule has 0 spiro atoms. The zero-order valence-electron chi connectivity index (χ0n) is 8.78. The standard InChI is InChI=1S/C13H12N2O/c16-10-13(9-15-7-6-14-11-15)8-12-4-2-1-3-5-12/h1-8,10-11H,9H2/b13-8-. The first-order chi connectivity index (χ1) is 7.88. The van der Waals surface area contributed by atoms with Crippen molar-refractivity contribution in [2.75, 3.05) is 0 Å². The van der Waals surface area contributed by atoms with Gasteiger partial charge < -0.3 is 4.57 Å². The number of aromatic nitrogens is 2. The first-order valence-corrected chi connectivity index (χ1v) is 5.05. The van der Waals surface area contributed by atoms with Gasteiger partial charge in [0.25, 0.3) is 0 Å². The Morgan fingerprint density at radius 3 is 2.75 bits per heavy atom. The van der Waals surface area contributed by atoms with Gasteiger partial charge in [0.15, 0.2) is 0 Å². The highest BCUT2D eigenvalue weighted by molar-refractivity contribution is 5.81. The van der Waals surface area contributed by atoms with Crippen LogP contribution in [0.2, 0.25) is 0 Å². The minimum absolute atomic E-state index is 0.554. The molecule has 0 unspecified atom stereocenters. The lowest BCUT2D eigenvalue weighted by molar-refractivity contribution is -0.105. The highest BCUT2D eigenvalue weighted by Crippen LogP contribution is 2.06. The molecule has 2 aromatic rings. The van der Waals surface area contributed by atoms with Crippen molar-refractivity contribution < 1.29 is 4.79 Å². The number of benzene rings is 1. The van der Waals surface area contributed by atoms with Crippen molar-refractivity contribution in [3.63, 3.8) is 0 Å². The van der Waals surface area contributed by atoms with E-state index < -0.39 is 0 Å². The van der Waals surface area contributed by atoms with Crippen molar-refractivity contribution in [2.24, 2.45) is 0 Å². The lowest BCUT2D eigenvalue weighted by Gasteiger charge is -2.01. The van der Waals surface area contributed by atoms with Gasteiger partial charge in [-0.15, -0.1) is 0 Å². The molecule has 3 heteroatoms. The largest absolute Gasteiger partial charge is 0.333 e. The van der Waals surface area contributed by atoms with Crippen molar-refractivity contribution in [1.82, 2.24) is 9.55 Å². The summed E-state index contributed by atoms with van der Waals surface area (Å²) in [6.45, 7) is 0.554. The van der Waals surface area contributed by atoms with Crippen LogP contribution < -0.4 is 0 Å². The number of hydrogen-bond acceptors (Lipinski definition) is 2. The Bertz CT molecular complexity index is 472. The van der Waals surface area contributed by atoms with Gasteiger partial charge in [-0.3, -0.25) is 4.79 Å². The summed E-state index contributed by atoms with van der Waals surface area (Å²) in [5.41, 5.74) is 1.76. The summed E-state index contributed by atoms with van der Waals surface area (Å²) in [5.74, 6) is 0. The van der Waals surface area contributed by atoms with E-state index in [9.17, 15) is 4.79 Å². The number of hydrogen-bond donors (Lipinski definition) is 0. The molecule has 0 aliphatic carbocycles. The predicted octanol–water partition coefficient (Wildman–Crippen LogP) is 2.17. The van der Waals surface area contributed by atoms with Crippen LogP contribution in [0.15, 0.2) is 54.6 Å². The third kappa shape index (κ3) is 2.67. The second-order valence-corrected chi connectivity index (χ2v) is 3.48. The number of carbonyl (C=O) groups is 1. The molecule has 2 rings (SSSR count). The Morgan fingerprint density at radius 2 is 2.12 bits per heavy atom. The van der Waals surface area contributed by atoms with Gasteiger partial charge in [0, 0.05) is 18.0 Å².